The molecule has 1 aromatic rings. The number of nitrogens with one attached hydrogen (secondary N) is 1. The van der Waals surface area contributed by atoms with Crippen molar-refractivity contribution in [2.24, 2.45) is 0 Å². The van der Waals surface area contributed by atoms with Gasteiger partial charge < -0.3 is 10.1 Å². The Morgan fingerprint density at radius 3 is 2.61 bits per heavy atom. The summed E-state index contributed by atoms with van der Waals surface area (Å²) in [4.78, 5) is 0. The second-order valence-corrected chi connectivity index (χ2v) is 6.04. The van der Waals surface area contributed by atoms with Gasteiger partial charge in [-0.25, -0.2) is 0 Å². The number of piperidine rings is 1. The third-order valence-electron chi connectivity index (χ3n) is 3.94. The fraction of sp³-hybridized carbons (Fsp3) is 0.571. The molecule has 0 radical (unpaired) electrons. The van der Waals surface area contributed by atoms with Gasteiger partial charge in [0.05, 0.1) is 22.8 Å². The molecule has 0 aromatic heterocycles. The van der Waals surface area contributed by atoms with Gasteiger partial charge in [0.15, 0.2) is 0 Å². The zero-order valence-electron chi connectivity index (χ0n) is 10.2. The number of hydrogen-bond acceptors (Lipinski definition) is 2. The van der Waals surface area contributed by atoms with Gasteiger partial charge >= 0.3 is 0 Å². The smallest absolute Gasteiger partial charge is 0.0735 e. The first kappa shape index (κ1) is 12.7. The van der Waals surface area contributed by atoms with Crippen LogP contribution in [0.4, 0.5) is 0 Å². The molecule has 1 N–H and O–H groups in total. The van der Waals surface area contributed by atoms with Gasteiger partial charge in [0.1, 0.15) is 0 Å². The molecule has 4 heteroatoms. The van der Waals surface area contributed by atoms with Gasteiger partial charge in [-0.15, -0.1) is 0 Å². The molecule has 2 aliphatic heterocycles. The largest absolute Gasteiger partial charge is 0.373 e. The minimum atomic E-state index is 0.360. The Labute approximate surface area is 118 Å². The average Bonchev–Trinajstić information content (AvgIpc) is 2.71. The van der Waals surface area contributed by atoms with Crippen molar-refractivity contribution in [3.8, 4) is 0 Å². The lowest BCUT2D eigenvalue weighted by Crippen LogP contribution is -2.41. The van der Waals surface area contributed by atoms with Crippen molar-refractivity contribution in [2.45, 2.75) is 50.5 Å². The van der Waals surface area contributed by atoms with E-state index in [9.17, 15) is 0 Å². The number of halogens is 2. The molecule has 2 unspecified atom stereocenters. The van der Waals surface area contributed by atoms with Gasteiger partial charge in [0.2, 0.25) is 0 Å². The molecule has 2 aliphatic rings. The highest BCUT2D eigenvalue weighted by Crippen LogP contribution is 2.30. The fourth-order valence-corrected chi connectivity index (χ4v) is 3.38. The Balaban J connectivity index is 1.59. The van der Waals surface area contributed by atoms with Crippen molar-refractivity contribution < 1.29 is 4.74 Å². The van der Waals surface area contributed by atoms with E-state index in [0.29, 0.717) is 34.8 Å². The minimum Gasteiger partial charge on any atom is -0.373 e. The van der Waals surface area contributed by atoms with E-state index in [0.717, 1.165) is 18.4 Å². The standard InChI is InChI=1S/C14H17Cl2NO/c15-13-3-1-2-9(14(13)16)8-18-12-6-10-4-5-11(7-12)17-10/h1-3,10-12,17H,4-8H2. The van der Waals surface area contributed by atoms with Gasteiger partial charge in [0, 0.05) is 12.1 Å². The maximum atomic E-state index is 6.16. The van der Waals surface area contributed by atoms with E-state index >= 15 is 0 Å². The summed E-state index contributed by atoms with van der Waals surface area (Å²) in [6.07, 6.45) is 5.19. The van der Waals surface area contributed by atoms with E-state index in [-0.39, 0.29) is 0 Å². The van der Waals surface area contributed by atoms with Crippen LogP contribution in [0.2, 0.25) is 10.0 Å². The van der Waals surface area contributed by atoms with E-state index in [1.807, 2.05) is 12.1 Å². The molecule has 98 valence electrons. The van der Waals surface area contributed by atoms with Crippen molar-refractivity contribution in [2.75, 3.05) is 0 Å². The molecule has 0 aliphatic carbocycles. The Bertz CT molecular complexity index is 426. The second kappa shape index (κ2) is 5.38. The van der Waals surface area contributed by atoms with Crippen LogP contribution in [0.3, 0.4) is 0 Å². The lowest BCUT2D eigenvalue weighted by Gasteiger charge is -2.29. The summed E-state index contributed by atoms with van der Waals surface area (Å²) in [5, 5.41) is 4.83. The summed E-state index contributed by atoms with van der Waals surface area (Å²) >= 11 is 12.2. The fourth-order valence-electron chi connectivity index (χ4n) is 3.01. The molecule has 2 fully saturated rings. The molecule has 0 amide bonds. The van der Waals surface area contributed by atoms with Crippen molar-refractivity contribution in [3.63, 3.8) is 0 Å². The Kier molecular flexibility index (Phi) is 3.81. The first-order valence-electron chi connectivity index (χ1n) is 6.53. The topological polar surface area (TPSA) is 21.3 Å². The number of benzene rings is 1. The molecule has 2 nitrogen and oxygen atoms in total. The molecule has 2 heterocycles. The highest BCUT2D eigenvalue weighted by Gasteiger charge is 2.33. The van der Waals surface area contributed by atoms with Crippen molar-refractivity contribution >= 4 is 23.2 Å². The third kappa shape index (κ3) is 2.67. The zero-order chi connectivity index (χ0) is 12.5. The van der Waals surface area contributed by atoms with Gasteiger partial charge in [-0.1, -0.05) is 35.3 Å². The Morgan fingerprint density at radius 2 is 1.89 bits per heavy atom. The lowest BCUT2D eigenvalue weighted by molar-refractivity contribution is 0.00921. The Hall–Kier alpha value is -0.280. The van der Waals surface area contributed by atoms with Crippen LogP contribution in [-0.4, -0.2) is 18.2 Å². The summed E-state index contributed by atoms with van der Waals surface area (Å²) in [6, 6.07) is 7.01. The predicted octanol–water partition coefficient (Wildman–Crippen LogP) is 3.79. The Morgan fingerprint density at radius 1 is 1.17 bits per heavy atom. The van der Waals surface area contributed by atoms with E-state index < -0.39 is 0 Å². The van der Waals surface area contributed by atoms with E-state index in [2.05, 4.69) is 5.32 Å². The van der Waals surface area contributed by atoms with E-state index in [4.69, 9.17) is 27.9 Å². The number of hydrogen-bond donors (Lipinski definition) is 1. The van der Waals surface area contributed by atoms with Gasteiger partial charge in [-0.05, 0) is 37.3 Å². The quantitative estimate of drug-likeness (QED) is 0.912. The highest BCUT2D eigenvalue weighted by molar-refractivity contribution is 6.42. The zero-order valence-corrected chi connectivity index (χ0v) is 11.7. The summed E-state index contributed by atoms with van der Waals surface area (Å²) in [6.45, 7) is 0.559. The van der Waals surface area contributed by atoms with Crippen LogP contribution >= 0.6 is 23.2 Å². The summed E-state index contributed by atoms with van der Waals surface area (Å²) in [5.41, 5.74) is 0.982. The van der Waals surface area contributed by atoms with E-state index in [1.165, 1.54) is 12.8 Å². The molecule has 18 heavy (non-hydrogen) atoms. The van der Waals surface area contributed by atoms with E-state index in [1.54, 1.807) is 6.07 Å². The van der Waals surface area contributed by atoms with Gasteiger partial charge in [-0.2, -0.15) is 0 Å². The predicted molar refractivity (Wildman–Crippen MR) is 74.2 cm³/mol. The maximum absolute atomic E-state index is 6.16. The number of rotatable bonds is 3. The molecule has 2 saturated heterocycles. The molecule has 2 atom stereocenters. The third-order valence-corrected chi connectivity index (χ3v) is 4.79. The van der Waals surface area contributed by atoms with Crippen molar-refractivity contribution in [1.82, 2.24) is 5.32 Å². The van der Waals surface area contributed by atoms with Gasteiger partial charge in [0.25, 0.3) is 0 Å². The van der Waals surface area contributed by atoms with Crippen LogP contribution in [0.15, 0.2) is 18.2 Å². The van der Waals surface area contributed by atoms with Crippen LogP contribution < -0.4 is 5.32 Å². The molecule has 3 rings (SSSR count). The summed E-state index contributed by atoms with van der Waals surface area (Å²) < 4.78 is 6.00. The summed E-state index contributed by atoms with van der Waals surface area (Å²) in [7, 11) is 0. The lowest BCUT2D eigenvalue weighted by atomic mass is 10.0. The average molecular weight is 286 g/mol. The first-order valence-corrected chi connectivity index (χ1v) is 7.28. The summed E-state index contributed by atoms with van der Waals surface area (Å²) in [5.74, 6) is 0. The van der Waals surface area contributed by atoms with Crippen molar-refractivity contribution in [1.29, 1.82) is 0 Å². The normalized spacial score (nSPS) is 30.7. The van der Waals surface area contributed by atoms with Crippen LogP contribution in [-0.2, 0) is 11.3 Å². The van der Waals surface area contributed by atoms with Crippen LogP contribution in [0, 0.1) is 0 Å². The molecule has 0 saturated carbocycles. The molecule has 1 aromatic carbocycles. The molecule has 0 spiro atoms. The molecular weight excluding hydrogens is 269 g/mol. The first-order chi connectivity index (χ1) is 8.72. The highest BCUT2D eigenvalue weighted by atomic mass is 35.5. The van der Waals surface area contributed by atoms with Crippen LogP contribution in [0.1, 0.15) is 31.2 Å². The molecular formula is C14H17Cl2NO. The number of fused-ring (bicyclic) bond motifs is 2. The monoisotopic (exact) mass is 285 g/mol. The number of ether oxygens (including phenoxy) is 1. The SMILES string of the molecule is Clc1cccc(COC2CC3CCC(C2)N3)c1Cl. The maximum Gasteiger partial charge on any atom is 0.0735 e. The van der Waals surface area contributed by atoms with Crippen molar-refractivity contribution in [3.05, 3.63) is 33.8 Å². The van der Waals surface area contributed by atoms with Crippen LogP contribution in [0.25, 0.3) is 0 Å². The minimum absolute atomic E-state index is 0.360. The van der Waals surface area contributed by atoms with Crippen LogP contribution in [0.5, 0.6) is 0 Å². The molecule has 2 bridgehead atoms. The van der Waals surface area contributed by atoms with Gasteiger partial charge in [-0.3, -0.25) is 0 Å². The second-order valence-electron chi connectivity index (χ2n) is 5.26.